The second-order valence-electron chi connectivity index (χ2n) is 8.03. The van der Waals surface area contributed by atoms with Crippen LogP contribution in [0.1, 0.15) is 11.3 Å². The topological polar surface area (TPSA) is 84.9 Å². The number of anilines is 1. The van der Waals surface area contributed by atoms with E-state index in [2.05, 4.69) is 4.90 Å². The monoisotopic (exact) mass is 466 g/mol. The van der Waals surface area contributed by atoms with E-state index in [0.717, 1.165) is 22.6 Å². The van der Waals surface area contributed by atoms with E-state index in [1.165, 1.54) is 4.31 Å². The van der Waals surface area contributed by atoms with E-state index >= 15 is 0 Å². The fraction of sp³-hybridized carbons (Fsp3) is 0.333. The Labute approximate surface area is 193 Å². The Balaban J connectivity index is 1.53. The lowest BCUT2D eigenvalue weighted by molar-refractivity contribution is 0.122. The predicted octanol–water partition coefficient (Wildman–Crippen LogP) is 2.74. The summed E-state index contributed by atoms with van der Waals surface area (Å²) in [4.78, 5) is 12.2. The number of nitrogens with zero attached hydrogens (tertiary/aromatic N) is 4. The number of rotatable bonds is 5. The molecule has 0 radical (unpaired) electrons. The van der Waals surface area contributed by atoms with Gasteiger partial charge in [0.05, 0.1) is 30.9 Å². The van der Waals surface area contributed by atoms with Crippen LogP contribution < -0.4 is 9.64 Å². The summed E-state index contributed by atoms with van der Waals surface area (Å²) in [5, 5.41) is 0. The van der Waals surface area contributed by atoms with Crippen LogP contribution in [0.3, 0.4) is 0 Å². The van der Waals surface area contributed by atoms with Crippen LogP contribution in [0.25, 0.3) is 11.4 Å². The van der Waals surface area contributed by atoms with Gasteiger partial charge in [-0.15, -0.1) is 0 Å². The zero-order chi connectivity index (χ0) is 22.8. The van der Waals surface area contributed by atoms with E-state index < -0.39 is 10.0 Å². The van der Waals surface area contributed by atoms with Gasteiger partial charge in [0.2, 0.25) is 10.0 Å². The van der Waals surface area contributed by atoms with Gasteiger partial charge in [0.15, 0.2) is 5.82 Å². The van der Waals surface area contributed by atoms with E-state index in [1.807, 2.05) is 30.3 Å². The van der Waals surface area contributed by atoms with Crippen molar-refractivity contribution in [2.45, 2.75) is 17.9 Å². The zero-order valence-corrected chi connectivity index (χ0v) is 19.3. The van der Waals surface area contributed by atoms with Crippen molar-refractivity contribution in [3.05, 3.63) is 65.9 Å². The van der Waals surface area contributed by atoms with Crippen molar-refractivity contribution >= 4 is 15.8 Å². The number of morpholine rings is 1. The van der Waals surface area contributed by atoms with Crippen molar-refractivity contribution in [2.24, 2.45) is 0 Å². The number of methoxy groups -OCH3 is 1. The van der Waals surface area contributed by atoms with E-state index in [-0.39, 0.29) is 11.4 Å². The first kappa shape index (κ1) is 21.8. The smallest absolute Gasteiger partial charge is 0.243 e. The SMILES string of the molecule is COc1ccc(S(=O)(=O)N2CCc3nc(-c4ccccc4)nc(N4CCOCC4)c3C2)cc1. The highest BCUT2D eigenvalue weighted by atomic mass is 32.2. The Hall–Kier alpha value is -3.01. The molecule has 0 N–H and O–H groups in total. The van der Waals surface area contributed by atoms with Gasteiger partial charge in [-0.2, -0.15) is 4.31 Å². The zero-order valence-electron chi connectivity index (χ0n) is 18.5. The third-order valence-corrected chi connectivity index (χ3v) is 7.90. The summed E-state index contributed by atoms with van der Waals surface area (Å²) in [6, 6.07) is 16.4. The molecule has 2 aliphatic heterocycles. The first-order chi connectivity index (χ1) is 16.1. The molecule has 3 aromatic rings. The van der Waals surface area contributed by atoms with E-state index in [1.54, 1.807) is 31.4 Å². The van der Waals surface area contributed by atoms with Crippen LogP contribution in [0.5, 0.6) is 5.75 Å². The van der Waals surface area contributed by atoms with Crippen molar-refractivity contribution in [1.29, 1.82) is 0 Å². The maximum atomic E-state index is 13.4. The average molecular weight is 467 g/mol. The Bertz CT molecular complexity index is 1230. The number of benzene rings is 2. The molecule has 172 valence electrons. The molecule has 2 aromatic carbocycles. The maximum Gasteiger partial charge on any atom is 0.243 e. The number of sulfonamides is 1. The predicted molar refractivity (Wildman–Crippen MR) is 125 cm³/mol. The van der Waals surface area contributed by atoms with Crippen LogP contribution in [-0.2, 0) is 27.7 Å². The summed E-state index contributed by atoms with van der Waals surface area (Å²) < 4.78 is 39.0. The molecule has 0 saturated carbocycles. The molecule has 0 atom stereocenters. The molecule has 33 heavy (non-hydrogen) atoms. The average Bonchev–Trinajstić information content (AvgIpc) is 2.88. The van der Waals surface area contributed by atoms with Gasteiger partial charge < -0.3 is 14.4 Å². The molecule has 8 nitrogen and oxygen atoms in total. The van der Waals surface area contributed by atoms with E-state index in [0.29, 0.717) is 50.8 Å². The number of hydrogen-bond donors (Lipinski definition) is 0. The van der Waals surface area contributed by atoms with Crippen LogP contribution in [0.4, 0.5) is 5.82 Å². The first-order valence-electron chi connectivity index (χ1n) is 11.0. The number of fused-ring (bicyclic) bond motifs is 1. The second-order valence-corrected chi connectivity index (χ2v) is 9.96. The summed E-state index contributed by atoms with van der Waals surface area (Å²) in [5.41, 5.74) is 2.73. The molecule has 0 unspecified atom stereocenters. The second kappa shape index (κ2) is 9.09. The van der Waals surface area contributed by atoms with Crippen LogP contribution in [-0.4, -0.2) is 62.6 Å². The lowest BCUT2D eigenvalue weighted by atomic mass is 10.1. The standard InChI is InChI=1S/C24H26N4O4S/c1-31-19-7-9-20(10-8-19)33(29,30)28-12-11-22-21(17-28)24(27-13-15-32-16-14-27)26-23(25-22)18-5-3-2-4-6-18/h2-10H,11-17H2,1H3. The summed E-state index contributed by atoms with van der Waals surface area (Å²) in [7, 11) is -2.10. The lowest BCUT2D eigenvalue weighted by Crippen LogP contribution is -2.41. The largest absolute Gasteiger partial charge is 0.497 e. The first-order valence-corrected chi connectivity index (χ1v) is 12.4. The highest BCUT2D eigenvalue weighted by molar-refractivity contribution is 7.89. The normalized spacial score (nSPS) is 16.9. The summed E-state index contributed by atoms with van der Waals surface area (Å²) in [6.45, 7) is 3.27. The van der Waals surface area contributed by atoms with Gasteiger partial charge >= 0.3 is 0 Å². The molecule has 5 rings (SSSR count). The van der Waals surface area contributed by atoms with Crippen molar-refractivity contribution in [3.8, 4) is 17.1 Å². The number of ether oxygens (including phenoxy) is 2. The van der Waals surface area contributed by atoms with Gasteiger partial charge in [-0.3, -0.25) is 0 Å². The molecule has 0 bridgehead atoms. The molecule has 2 aliphatic rings. The van der Waals surface area contributed by atoms with Gasteiger partial charge in [0.1, 0.15) is 11.6 Å². The molecule has 1 saturated heterocycles. The fourth-order valence-electron chi connectivity index (χ4n) is 4.23. The third-order valence-electron chi connectivity index (χ3n) is 6.04. The fourth-order valence-corrected chi connectivity index (χ4v) is 5.64. The molecule has 1 fully saturated rings. The summed E-state index contributed by atoms with van der Waals surface area (Å²) in [6.07, 6.45) is 0.532. The Morgan fingerprint density at radius 1 is 0.939 bits per heavy atom. The van der Waals surface area contributed by atoms with E-state index in [4.69, 9.17) is 19.4 Å². The molecule has 1 aromatic heterocycles. The number of aromatic nitrogens is 2. The van der Waals surface area contributed by atoms with Crippen LogP contribution in [0.2, 0.25) is 0 Å². The summed E-state index contributed by atoms with van der Waals surface area (Å²) in [5.74, 6) is 2.09. The Morgan fingerprint density at radius 2 is 1.67 bits per heavy atom. The van der Waals surface area contributed by atoms with Crippen molar-refractivity contribution < 1.29 is 17.9 Å². The van der Waals surface area contributed by atoms with Gasteiger partial charge in [0.25, 0.3) is 0 Å². The highest BCUT2D eigenvalue weighted by Crippen LogP contribution is 2.32. The van der Waals surface area contributed by atoms with Crippen molar-refractivity contribution in [2.75, 3.05) is 44.9 Å². The van der Waals surface area contributed by atoms with E-state index in [9.17, 15) is 8.42 Å². The molecular formula is C24H26N4O4S. The molecule has 0 amide bonds. The third kappa shape index (κ3) is 4.31. The van der Waals surface area contributed by atoms with Crippen LogP contribution >= 0.6 is 0 Å². The summed E-state index contributed by atoms with van der Waals surface area (Å²) >= 11 is 0. The molecule has 0 aliphatic carbocycles. The van der Waals surface area contributed by atoms with Gasteiger partial charge in [0, 0.05) is 43.7 Å². The van der Waals surface area contributed by atoms with Gasteiger partial charge in [-0.25, -0.2) is 18.4 Å². The Morgan fingerprint density at radius 3 is 2.36 bits per heavy atom. The van der Waals surface area contributed by atoms with Crippen molar-refractivity contribution in [3.63, 3.8) is 0 Å². The minimum absolute atomic E-state index is 0.242. The molecular weight excluding hydrogens is 440 g/mol. The molecule has 9 heteroatoms. The quantitative estimate of drug-likeness (QED) is 0.572. The minimum Gasteiger partial charge on any atom is -0.497 e. The van der Waals surface area contributed by atoms with Gasteiger partial charge in [-0.1, -0.05) is 30.3 Å². The number of hydrogen-bond acceptors (Lipinski definition) is 7. The molecule has 0 spiro atoms. The van der Waals surface area contributed by atoms with Crippen LogP contribution in [0, 0.1) is 0 Å². The lowest BCUT2D eigenvalue weighted by Gasteiger charge is -2.34. The highest BCUT2D eigenvalue weighted by Gasteiger charge is 2.32. The minimum atomic E-state index is -3.66. The van der Waals surface area contributed by atoms with Gasteiger partial charge in [-0.05, 0) is 24.3 Å². The Kier molecular flexibility index (Phi) is 6.01. The van der Waals surface area contributed by atoms with Crippen LogP contribution in [0.15, 0.2) is 59.5 Å². The molecule has 3 heterocycles. The maximum absolute atomic E-state index is 13.4. The van der Waals surface area contributed by atoms with Crippen molar-refractivity contribution in [1.82, 2.24) is 14.3 Å².